The summed E-state index contributed by atoms with van der Waals surface area (Å²) < 4.78 is 12.3. The summed E-state index contributed by atoms with van der Waals surface area (Å²) in [6, 6.07) is 7.45. The van der Waals surface area contributed by atoms with E-state index >= 15 is 0 Å². The van der Waals surface area contributed by atoms with Crippen molar-refractivity contribution >= 4 is 23.1 Å². The summed E-state index contributed by atoms with van der Waals surface area (Å²) >= 11 is 1.49. The SMILES string of the molecule is Cn1ccc(NC(=O)Cc2csc(-c3ccc4c(c3)OCO4)n2)n1. The van der Waals surface area contributed by atoms with E-state index in [4.69, 9.17) is 9.47 Å². The predicted molar refractivity (Wildman–Crippen MR) is 89.2 cm³/mol. The number of carbonyl (C=O) groups excluding carboxylic acids is 1. The molecule has 8 heteroatoms. The van der Waals surface area contributed by atoms with Gasteiger partial charge in [0.2, 0.25) is 12.7 Å². The lowest BCUT2D eigenvalue weighted by Crippen LogP contribution is -2.15. The lowest BCUT2D eigenvalue weighted by atomic mass is 10.2. The second kappa shape index (κ2) is 5.97. The van der Waals surface area contributed by atoms with Crippen LogP contribution in [0.5, 0.6) is 11.5 Å². The number of thiazole rings is 1. The fraction of sp³-hybridized carbons (Fsp3) is 0.188. The summed E-state index contributed by atoms with van der Waals surface area (Å²) in [6.45, 7) is 0.246. The molecule has 0 saturated heterocycles. The van der Waals surface area contributed by atoms with Crippen LogP contribution in [0.15, 0.2) is 35.8 Å². The average Bonchev–Trinajstić information content (AvgIpc) is 3.27. The molecule has 0 aliphatic carbocycles. The largest absolute Gasteiger partial charge is 0.454 e. The minimum atomic E-state index is -0.142. The van der Waals surface area contributed by atoms with Crippen molar-refractivity contribution < 1.29 is 14.3 Å². The molecule has 0 saturated carbocycles. The second-order valence-electron chi connectivity index (χ2n) is 5.31. The molecular formula is C16H14N4O3S. The van der Waals surface area contributed by atoms with Crippen molar-refractivity contribution in [3.63, 3.8) is 0 Å². The van der Waals surface area contributed by atoms with Crippen molar-refractivity contribution in [1.29, 1.82) is 0 Å². The van der Waals surface area contributed by atoms with E-state index in [0.717, 1.165) is 27.8 Å². The molecule has 0 bridgehead atoms. The van der Waals surface area contributed by atoms with Gasteiger partial charge in [-0.1, -0.05) is 0 Å². The van der Waals surface area contributed by atoms with Gasteiger partial charge in [-0.05, 0) is 18.2 Å². The highest BCUT2D eigenvalue weighted by atomic mass is 32.1. The Hall–Kier alpha value is -2.87. The van der Waals surface area contributed by atoms with Gasteiger partial charge in [0.15, 0.2) is 17.3 Å². The van der Waals surface area contributed by atoms with E-state index < -0.39 is 0 Å². The molecule has 0 atom stereocenters. The first-order chi connectivity index (χ1) is 11.7. The number of benzene rings is 1. The van der Waals surface area contributed by atoms with Crippen LogP contribution in [-0.4, -0.2) is 27.5 Å². The number of hydrogen-bond donors (Lipinski definition) is 1. The van der Waals surface area contributed by atoms with E-state index in [1.807, 2.05) is 23.6 Å². The predicted octanol–water partition coefficient (Wildman–Crippen LogP) is 2.45. The van der Waals surface area contributed by atoms with Crippen LogP contribution >= 0.6 is 11.3 Å². The molecule has 7 nitrogen and oxygen atoms in total. The van der Waals surface area contributed by atoms with E-state index in [1.54, 1.807) is 24.0 Å². The molecule has 0 spiro atoms. The van der Waals surface area contributed by atoms with Crippen LogP contribution < -0.4 is 14.8 Å². The Morgan fingerprint density at radius 3 is 3.04 bits per heavy atom. The molecule has 122 valence electrons. The Morgan fingerprint density at radius 1 is 1.33 bits per heavy atom. The lowest BCUT2D eigenvalue weighted by molar-refractivity contribution is -0.115. The quantitative estimate of drug-likeness (QED) is 0.788. The summed E-state index contributed by atoms with van der Waals surface area (Å²) in [5.74, 6) is 1.85. The molecule has 1 aliphatic rings. The molecule has 4 rings (SSSR count). The van der Waals surface area contributed by atoms with Crippen molar-refractivity contribution in [2.45, 2.75) is 6.42 Å². The van der Waals surface area contributed by atoms with Crippen LogP contribution in [0, 0.1) is 0 Å². The zero-order valence-electron chi connectivity index (χ0n) is 12.9. The molecule has 2 aromatic heterocycles. The first kappa shape index (κ1) is 14.7. The monoisotopic (exact) mass is 342 g/mol. The number of anilines is 1. The Bertz CT molecular complexity index is 902. The van der Waals surface area contributed by atoms with Crippen molar-refractivity contribution in [2.24, 2.45) is 7.05 Å². The molecule has 24 heavy (non-hydrogen) atoms. The van der Waals surface area contributed by atoms with Crippen LogP contribution in [0.25, 0.3) is 10.6 Å². The van der Waals surface area contributed by atoms with E-state index in [2.05, 4.69) is 15.4 Å². The van der Waals surface area contributed by atoms with Crippen LogP contribution in [0.4, 0.5) is 5.82 Å². The van der Waals surface area contributed by atoms with E-state index in [1.165, 1.54) is 11.3 Å². The van der Waals surface area contributed by atoms with Gasteiger partial charge in [-0.2, -0.15) is 5.10 Å². The van der Waals surface area contributed by atoms with Gasteiger partial charge < -0.3 is 14.8 Å². The van der Waals surface area contributed by atoms with E-state index in [-0.39, 0.29) is 19.1 Å². The summed E-state index contributed by atoms with van der Waals surface area (Å²) in [5.41, 5.74) is 1.67. The molecule has 0 fully saturated rings. The first-order valence-electron chi connectivity index (χ1n) is 7.31. The molecule has 3 heterocycles. The average molecular weight is 342 g/mol. The number of fused-ring (bicyclic) bond motifs is 1. The number of amides is 1. The Morgan fingerprint density at radius 2 is 2.21 bits per heavy atom. The Balaban J connectivity index is 1.45. The number of carbonyl (C=O) groups is 1. The number of hydrogen-bond acceptors (Lipinski definition) is 6. The van der Waals surface area contributed by atoms with Gasteiger partial charge in [0.05, 0.1) is 12.1 Å². The molecule has 1 N–H and O–H groups in total. The van der Waals surface area contributed by atoms with Crippen LogP contribution in [-0.2, 0) is 18.3 Å². The number of aromatic nitrogens is 3. The van der Waals surface area contributed by atoms with Crippen molar-refractivity contribution in [2.75, 3.05) is 12.1 Å². The summed E-state index contributed by atoms with van der Waals surface area (Å²) in [5, 5.41) is 9.60. The third-order valence-electron chi connectivity index (χ3n) is 3.49. The van der Waals surface area contributed by atoms with Gasteiger partial charge in [-0.25, -0.2) is 4.98 Å². The van der Waals surface area contributed by atoms with Gasteiger partial charge in [0.1, 0.15) is 5.01 Å². The summed E-state index contributed by atoms with van der Waals surface area (Å²) in [6.07, 6.45) is 1.98. The molecule has 0 radical (unpaired) electrons. The molecule has 1 aliphatic heterocycles. The lowest BCUT2D eigenvalue weighted by Gasteiger charge is -2.00. The van der Waals surface area contributed by atoms with Gasteiger partial charge in [0.25, 0.3) is 0 Å². The minimum Gasteiger partial charge on any atom is -0.454 e. The molecular weight excluding hydrogens is 328 g/mol. The normalized spacial score (nSPS) is 12.4. The maximum Gasteiger partial charge on any atom is 0.231 e. The fourth-order valence-corrected chi connectivity index (χ4v) is 3.20. The zero-order chi connectivity index (χ0) is 16.5. The standard InChI is InChI=1S/C16H14N4O3S/c1-20-5-4-14(19-20)18-15(21)7-11-8-24-16(17-11)10-2-3-12-13(6-10)23-9-22-12/h2-6,8H,7,9H2,1H3,(H,18,19,21). The molecule has 0 unspecified atom stereocenters. The summed E-state index contributed by atoms with van der Waals surface area (Å²) in [4.78, 5) is 16.6. The maximum atomic E-state index is 12.1. The van der Waals surface area contributed by atoms with Gasteiger partial charge in [-0.15, -0.1) is 11.3 Å². The topological polar surface area (TPSA) is 78.3 Å². The van der Waals surface area contributed by atoms with Crippen LogP contribution in [0.1, 0.15) is 5.69 Å². The van der Waals surface area contributed by atoms with Crippen molar-refractivity contribution in [3.05, 3.63) is 41.5 Å². The second-order valence-corrected chi connectivity index (χ2v) is 6.17. The number of rotatable bonds is 4. The highest BCUT2D eigenvalue weighted by Crippen LogP contribution is 2.36. The number of aryl methyl sites for hydroxylation is 1. The minimum absolute atomic E-state index is 0.142. The smallest absolute Gasteiger partial charge is 0.231 e. The van der Waals surface area contributed by atoms with Crippen LogP contribution in [0.3, 0.4) is 0 Å². The van der Waals surface area contributed by atoms with E-state index in [0.29, 0.717) is 5.82 Å². The fourth-order valence-electron chi connectivity index (χ4n) is 2.38. The van der Waals surface area contributed by atoms with Gasteiger partial charge >= 0.3 is 0 Å². The molecule has 1 amide bonds. The third-order valence-corrected chi connectivity index (χ3v) is 4.43. The maximum absolute atomic E-state index is 12.1. The summed E-state index contributed by atoms with van der Waals surface area (Å²) in [7, 11) is 1.80. The van der Waals surface area contributed by atoms with Crippen molar-refractivity contribution in [3.8, 4) is 22.1 Å². The van der Waals surface area contributed by atoms with Crippen LogP contribution in [0.2, 0.25) is 0 Å². The molecule has 3 aromatic rings. The Labute approximate surface area is 141 Å². The van der Waals surface area contributed by atoms with E-state index in [9.17, 15) is 4.79 Å². The first-order valence-corrected chi connectivity index (χ1v) is 8.19. The highest BCUT2D eigenvalue weighted by Gasteiger charge is 2.16. The number of nitrogens with one attached hydrogen (secondary N) is 1. The van der Waals surface area contributed by atoms with Gasteiger partial charge in [-0.3, -0.25) is 9.48 Å². The Kier molecular flexibility index (Phi) is 3.66. The van der Waals surface area contributed by atoms with Crippen molar-refractivity contribution in [1.82, 2.24) is 14.8 Å². The number of ether oxygens (including phenoxy) is 2. The highest BCUT2D eigenvalue weighted by molar-refractivity contribution is 7.13. The number of nitrogens with zero attached hydrogens (tertiary/aromatic N) is 3. The van der Waals surface area contributed by atoms with Gasteiger partial charge in [0, 0.05) is 30.3 Å². The zero-order valence-corrected chi connectivity index (χ0v) is 13.7. The molecule has 1 aromatic carbocycles. The third kappa shape index (κ3) is 2.95.